The van der Waals surface area contributed by atoms with E-state index in [0.29, 0.717) is 17.6 Å². The zero-order valence-corrected chi connectivity index (χ0v) is 14.9. The van der Waals surface area contributed by atoms with Crippen molar-refractivity contribution in [3.8, 4) is 6.07 Å². The van der Waals surface area contributed by atoms with Crippen LogP contribution in [0.15, 0.2) is 27.6 Å². The Morgan fingerprint density at radius 3 is 2.50 bits per heavy atom. The number of carbonyl (C=O) groups is 1. The van der Waals surface area contributed by atoms with Crippen LogP contribution in [-0.4, -0.2) is 37.9 Å². The normalized spacial score (nSPS) is 12.7. The van der Waals surface area contributed by atoms with E-state index < -0.39 is 22.1 Å². The number of ether oxygens (including phenoxy) is 1. The summed E-state index contributed by atoms with van der Waals surface area (Å²) in [6.07, 6.45) is -0.914. The lowest BCUT2D eigenvalue weighted by atomic mass is 10.2. The summed E-state index contributed by atoms with van der Waals surface area (Å²) in [4.78, 5) is 12.0. The van der Waals surface area contributed by atoms with E-state index in [0.717, 1.165) is 0 Å². The molecule has 0 saturated heterocycles. The van der Waals surface area contributed by atoms with Crippen molar-refractivity contribution in [3.63, 3.8) is 0 Å². The van der Waals surface area contributed by atoms with E-state index in [4.69, 9.17) is 10.00 Å². The van der Waals surface area contributed by atoms with Crippen LogP contribution in [0.3, 0.4) is 0 Å². The van der Waals surface area contributed by atoms with E-state index in [9.17, 15) is 13.2 Å². The number of hydrogen-bond donors (Lipinski definition) is 0. The molecule has 0 aromatic heterocycles. The van der Waals surface area contributed by atoms with Gasteiger partial charge in [-0.3, -0.25) is 0 Å². The maximum atomic E-state index is 12.5. The van der Waals surface area contributed by atoms with Gasteiger partial charge in [0.15, 0.2) is 6.10 Å². The lowest BCUT2D eigenvalue weighted by molar-refractivity contribution is 0.0434. The standard InChI is InChI=1S/C14H17BrN2O4S/c1-4-17(5-2)22(19,20)11-6-7-13(15)12(8-11)14(18)21-10(3)9-16/h6-8,10H,4-5H2,1-3H3/t10-/m1/s1. The predicted octanol–water partition coefficient (Wildman–Crippen LogP) is 2.55. The summed E-state index contributed by atoms with van der Waals surface area (Å²) < 4.78 is 31.5. The lowest BCUT2D eigenvalue weighted by Crippen LogP contribution is -2.30. The minimum atomic E-state index is -3.67. The topological polar surface area (TPSA) is 87.5 Å². The van der Waals surface area contributed by atoms with Crippen LogP contribution in [0, 0.1) is 11.3 Å². The van der Waals surface area contributed by atoms with E-state index in [1.807, 2.05) is 0 Å². The summed E-state index contributed by atoms with van der Waals surface area (Å²) in [5, 5.41) is 8.68. The van der Waals surface area contributed by atoms with Crippen LogP contribution in [0.2, 0.25) is 0 Å². The number of carbonyl (C=O) groups excluding carboxylic acids is 1. The third kappa shape index (κ3) is 4.06. The van der Waals surface area contributed by atoms with Gasteiger partial charge in [-0.25, -0.2) is 13.2 Å². The average molecular weight is 389 g/mol. The smallest absolute Gasteiger partial charge is 0.340 e. The van der Waals surface area contributed by atoms with E-state index >= 15 is 0 Å². The molecule has 0 unspecified atom stereocenters. The molecule has 0 bridgehead atoms. The van der Waals surface area contributed by atoms with E-state index in [2.05, 4.69) is 15.9 Å². The monoisotopic (exact) mass is 388 g/mol. The second-order valence-corrected chi connectivity index (χ2v) is 7.20. The van der Waals surface area contributed by atoms with Gasteiger partial charge in [0.2, 0.25) is 10.0 Å². The zero-order valence-electron chi connectivity index (χ0n) is 12.5. The highest BCUT2D eigenvalue weighted by molar-refractivity contribution is 9.10. The summed E-state index contributed by atoms with van der Waals surface area (Å²) >= 11 is 3.19. The third-order valence-electron chi connectivity index (χ3n) is 2.97. The molecule has 1 rings (SSSR count). The fourth-order valence-electron chi connectivity index (χ4n) is 1.78. The molecule has 0 N–H and O–H groups in total. The van der Waals surface area contributed by atoms with Gasteiger partial charge in [-0.05, 0) is 41.1 Å². The Morgan fingerprint density at radius 1 is 1.41 bits per heavy atom. The van der Waals surface area contributed by atoms with Gasteiger partial charge in [0, 0.05) is 17.6 Å². The van der Waals surface area contributed by atoms with Gasteiger partial charge in [0.05, 0.1) is 10.5 Å². The molecular formula is C14H17BrN2O4S. The second-order valence-electron chi connectivity index (χ2n) is 4.41. The highest BCUT2D eigenvalue weighted by Crippen LogP contribution is 2.24. The van der Waals surface area contributed by atoms with Crippen LogP contribution < -0.4 is 0 Å². The molecule has 8 heteroatoms. The number of nitrogens with zero attached hydrogens (tertiary/aromatic N) is 2. The molecule has 0 radical (unpaired) electrons. The molecule has 120 valence electrons. The molecule has 1 aromatic carbocycles. The van der Waals surface area contributed by atoms with Crippen LogP contribution in [0.4, 0.5) is 0 Å². The zero-order chi connectivity index (χ0) is 16.9. The first kappa shape index (κ1) is 18.6. The molecule has 0 saturated carbocycles. The van der Waals surface area contributed by atoms with Crippen LogP contribution >= 0.6 is 15.9 Å². The van der Waals surface area contributed by atoms with Crippen LogP contribution in [-0.2, 0) is 14.8 Å². The van der Waals surface area contributed by atoms with Crippen molar-refractivity contribution < 1.29 is 17.9 Å². The molecule has 0 aliphatic rings. The van der Waals surface area contributed by atoms with Crippen LogP contribution in [0.5, 0.6) is 0 Å². The SMILES string of the molecule is CCN(CC)S(=O)(=O)c1ccc(Br)c(C(=O)O[C@H](C)C#N)c1. The van der Waals surface area contributed by atoms with Gasteiger partial charge in [-0.1, -0.05) is 13.8 Å². The highest BCUT2D eigenvalue weighted by Gasteiger charge is 2.24. The Morgan fingerprint density at radius 2 is 2.00 bits per heavy atom. The van der Waals surface area contributed by atoms with Gasteiger partial charge in [0.1, 0.15) is 6.07 Å². The fraction of sp³-hybridized carbons (Fsp3) is 0.429. The number of hydrogen-bond acceptors (Lipinski definition) is 5. The number of rotatable bonds is 6. The van der Waals surface area contributed by atoms with Crippen molar-refractivity contribution >= 4 is 31.9 Å². The van der Waals surface area contributed by atoms with E-state index in [1.54, 1.807) is 19.9 Å². The predicted molar refractivity (Wildman–Crippen MR) is 84.7 cm³/mol. The Hall–Kier alpha value is -1.43. The van der Waals surface area contributed by atoms with Gasteiger partial charge < -0.3 is 4.74 Å². The molecular weight excluding hydrogens is 372 g/mol. The Balaban J connectivity index is 3.26. The number of halogens is 1. The van der Waals surface area contributed by atoms with Crippen molar-refractivity contribution in [2.45, 2.75) is 31.8 Å². The quantitative estimate of drug-likeness (QED) is 0.698. The lowest BCUT2D eigenvalue weighted by Gasteiger charge is -2.19. The summed E-state index contributed by atoms with van der Waals surface area (Å²) in [5.74, 6) is -0.752. The van der Waals surface area contributed by atoms with Crippen molar-refractivity contribution in [2.24, 2.45) is 0 Å². The maximum Gasteiger partial charge on any atom is 0.340 e. The van der Waals surface area contributed by atoms with E-state index in [-0.39, 0.29) is 10.5 Å². The number of nitriles is 1. The summed E-state index contributed by atoms with van der Waals surface area (Å²) in [5.41, 5.74) is 0.0651. The molecule has 0 amide bonds. The van der Waals surface area contributed by atoms with Crippen molar-refractivity contribution in [2.75, 3.05) is 13.1 Å². The van der Waals surface area contributed by atoms with Gasteiger partial charge in [-0.2, -0.15) is 9.57 Å². The summed E-state index contributed by atoms with van der Waals surface area (Å²) in [7, 11) is -3.67. The van der Waals surface area contributed by atoms with E-state index in [1.165, 1.54) is 29.4 Å². The maximum absolute atomic E-state index is 12.5. The molecule has 22 heavy (non-hydrogen) atoms. The number of esters is 1. The largest absolute Gasteiger partial charge is 0.444 e. The molecule has 1 atom stereocenters. The fourth-order valence-corrected chi connectivity index (χ4v) is 3.68. The number of sulfonamides is 1. The highest BCUT2D eigenvalue weighted by atomic mass is 79.9. The summed E-state index contributed by atoms with van der Waals surface area (Å²) in [6, 6.07) is 5.93. The molecule has 6 nitrogen and oxygen atoms in total. The minimum Gasteiger partial charge on any atom is -0.444 e. The van der Waals surface area contributed by atoms with Crippen molar-refractivity contribution in [1.82, 2.24) is 4.31 Å². The Labute approximate surface area is 138 Å². The molecule has 0 aliphatic carbocycles. The third-order valence-corrected chi connectivity index (χ3v) is 5.70. The average Bonchev–Trinajstić information content (AvgIpc) is 2.48. The van der Waals surface area contributed by atoms with Gasteiger partial charge >= 0.3 is 5.97 Å². The minimum absolute atomic E-state index is 0.0101. The first-order valence-corrected chi connectivity index (χ1v) is 8.91. The van der Waals surface area contributed by atoms with Gasteiger partial charge in [0.25, 0.3) is 0 Å². The first-order valence-electron chi connectivity index (χ1n) is 6.68. The Bertz CT molecular complexity index is 693. The number of benzene rings is 1. The first-order chi connectivity index (χ1) is 10.3. The summed E-state index contributed by atoms with van der Waals surface area (Å²) in [6.45, 7) is 5.58. The van der Waals surface area contributed by atoms with Crippen LogP contribution in [0.25, 0.3) is 0 Å². The van der Waals surface area contributed by atoms with Crippen LogP contribution in [0.1, 0.15) is 31.1 Å². The Kier molecular flexibility index (Phi) is 6.53. The second kappa shape index (κ2) is 7.72. The van der Waals surface area contributed by atoms with Crippen molar-refractivity contribution in [3.05, 3.63) is 28.2 Å². The molecule has 0 spiro atoms. The van der Waals surface area contributed by atoms with Gasteiger partial charge in [-0.15, -0.1) is 0 Å². The molecule has 0 heterocycles. The van der Waals surface area contributed by atoms with Crippen molar-refractivity contribution in [1.29, 1.82) is 5.26 Å². The molecule has 0 fully saturated rings. The molecule has 1 aromatic rings. The molecule has 0 aliphatic heterocycles.